The summed E-state index contributed by atoms with van der Waals surface area (Å²) < 4.78 is 17.0. The second-order valence-corrected chi connectivity index (χ2v) is 8.90. The molecule has 0 spiro atoms. The van der Waals surface area contributed by atoms with Gasteiger partial charge in [-0.2, -0.15) is 0 Å². The summed E-state index contributed by atoms with van der Waals surface area (Å²) in [4.78, 5) is 26.5. The third kappa shape index (κ3) is 2.70. The molecule has 2 aliphatic heterocycles. The van der Waals surface area contributed by atoms with Gasteiger partial charge < -0.3 is 9.47 Å². The number of imidazole rings is 1. The number of thiazole rings is 1. The standard InChI is InChI=1S/C22H20FN5OS/c23-15-4-3-7-18-19(15)25-22(30-18)26-10-8-14(9-11-26)20(29)28-13-12-27-17-6-2-1-5-16(17)24-21(27)28/h1-7,14H,8-13H2. The molecule has 152 valence electrons. The number of para-hydroxylation sites is 3. The van der Waals surface area contributed by atoms with Crippen molar-refractivity contribution in [2.45, 2.75) is 19.4 Å². The minimum absolute atomic E-state index is 0.0151. The highest BCUT2D eigenvalue weighted by atomic mass is 32.1. The number of benzene rings is 2. The van der Waals surface area contributed by atoms with E-state index in [1.54, 1.807) is 6.07 Å². The lowest BCUT2D eigenvalue weighted by Crippen LogP contribution is -2.42. The van der Waals surface area contributed by atoms with E-state index >= 15 is 0 Å². The number of carbonyl (C=O) groups is 1. The maximum atomic E-state index is 14.0. The molecule has 2 aromatic heterocycles. The van der Waals surface area contributed by atoms with Gasteiger partial charge in [0.15, 0.2) is 5.13 Å². The Balaban J connectivity index is 1.18. The highest BCUT2D eigenvalue weighted by molar-refractivity contribution is 7.22. The minimum Gasteiger partial charge on any atom is -0.348 e. The molecule has 1 saturated heterocycles. The van der Waals surface area contributed by atoms with E-state index < -0.39 is 0 Å². The van der Waals surface area contributed by atoms with E-state index in [9.17, 15) is 9.18 Å². The summed E-state index contributed by atoms with van der Waals surface area (Å²) in [6.45, 7) is 2.98. The highest BCUT2D eigenvalue weighted by Gasteiger charge is 2.35. The monoisotopic (exact) mass is 421 g/mol. The molecule has 4 heterocycles. The maximum Gasteiger partial charge on any atom is 0.232 e. The molecule has 2 aliphatic rings. The first kappa shape index (κ1) is 17.8. The van der Waals surface area contributed by atoms with Crippen molar-refractivity contribution in [3.63, 3.8) is 0 Å². The average molecular weight is 422 g/mol. The Hall–Kier alpha value is -3.00. The quantitative estimate of drug-likeness (QED) is 0.490. The van der Waals surface area contributed by atoms with Crippen LogP contribution in [0.4, 0.5) is 15.5 Å². The van der Waals surface area contributed by atoms with E-state index in [0.717, 1.165) is 59.3 Å². The number of rotatable bonds is 2. The van der Waals surface area contributed by atoms with Gasteiger partial charge >= 0.3 is 0 Å². The molecule has 6 rings (SSSR count). The van der Waals surface area contributed by atoms with Crippen LogP contribution in [-0.4, -0.2) is 40.1 Å². The summed E-state index contributed by atoms with van der Waals surface area (Å²) in [5, 5.41) is 0.837. The van der Waals surface area contributed by atoms with Crippen molar-refractivity contribution in [1.29, 1.82) is 0 Å². The van der Waals surface area contributed by atoms with E-state index in [4.69, 9.17) is 4.98 Å². The molecule has 0 atom stereocenters. The molecule has 0 aliphatic carbocycles. The number of nitrogens with zero attached hydrogens (tertiary/aromatic N) is 5. The number of hydrogen-bond acceptors (Lipinski definition) is 5. The first-order chi connectivity index (χ1) is 14.7. The molecule has 1 fully saturated rings. The van der Waals surface area contributed by atoms with Gasteiger partial charge in [-0.15, -0.1) is 0 Å². The van der Waals surface area contributed by atoms with Crippen molar-refractivity contribution in [2.75, 3.05) is 29.4 Å². The van der Waals surface area contributed by atoms with Crippen LogP contribution >= 0.6 is 11.3 Å². The van der Waals surface area contributed by atoms with Gasteiger partial charge in [0.05, 0.1) is 15.7 Å². The van der Waals surface area contributed by atoms with E-state index in [1.165, 1.54) is 17.4 Å². The van der Waals surface area contributed by atoms with Gasteiger partial charge in [-0.25, -0.2) is 14.4 Å². The molecule has 2 aromatic carbocycles. The molecule has 4 aromatic rings. The molecule has 0 radical (unpaired) electrons. The predicted molar refractivity (Wildman–Crippen MR) is 117 cm³/mol. The van der Waals surface area contributed by atoms with Gasteiger partial charge in [0.1, 0.15) is 11.3 Å². The summed E-state index contributed by atoms with van der Waals surface area (Å²) in [6, 6.07) is 13.1. The smallest absolute Gasteiger partial charge is 0.232 e. The topological polar surface area (TPSA) is 54.3 Å². The van der Waals surface area contributed by atoms with Crippen LogP contribution in [0.5, 0.6) is 0 Å². The van der Waals surface area contributed by atoms with Crippen molar-refractivity contribution in [3.05, 3.63) is 48.3 Å². The van der Waals surface area contributed by atoms with Crippen molar-refractivity contribution in [3.8, 4) is 0 Å². The molecule has 30 heavy (non-hydrogen) atoms. The minimum atomic E-state index is -0.281. The summed E-state index contributed by atoms with van der Waals surface area (Å²) in [5.74, 6) is 0.639. The number of piperidine rings is 1. The maximum absolute atomic E-state index is 14.0. The lowest BCUT2D eigenvalue weighted by atomic mass is 9.95. The van der Waals surface area contributed by atoms with Crippen LogP contribution in [-0.2, 0) is 11.3 Å². The lowest BCUT2D eigenvalue weighted by Gasteiger charge is -2.32. The number of amides is 1. The third-order valence-corrected chi connectivity index (χ3v) is 7.24. The van der Waals surface area contributed by atoms with Gasteiger partial charge in [-0.1, -0.05) is 29.5 Å². The first-order valence-corrected chi connectivity index (χ1v) is 11.1. The fourth-order valence-electron chi connectivity index (χ4n) is 4.57. The summed E-state index contributed by atoms with van der Waals surface area (Å²) >= 11 is 1.51. The van der Waals surface area contributed by atoms with E-state index in [2.05, 4.69) is 20.5 Å². The number of halogens is 1. The van der Waals surface area contributed by atoms with Crippen LogP contribution in [0.3, 0.4) is 0 Å². The fourth-order valence-corrected chi connectivity index (χ4v) is 5.61. The highest BCUT2D eigenvalue weighted by Crippen LogP contribution is 2.34. The Kier molecular flexibility index (Phi) is 4.02. The van der Waals surface area contributed by atoms with Crippen LogP contribution in [0.1, 0.15) is 12.8 Å². The van der Waals surface area contributed by atoms with Crippen molar-refractivity contribution in [2.24, 2.45) is 5.92 Å². The molecular formula is C22H20FN5OS. The predicted octanol–water partition coefficient (Wildman–Crippen LogP) is 4.05. The van der Waals surface area contributed by atoms with Gasteiger partial charge in [0.2, 0.25) is 11.9 Å². The second kappa shape index (κ2) is 6.77. The molecule has 0 bridgehead atoms. The van der Waals surface area contributed by atoms with E-state index in [-0.39, 0.29) is 17.6 Å². The fraction of sp³-hybridized carbons (Fsp3) is 0.318. The number of fused-ring (bicyclic) bond motifs is 4. The van der Waals surface area contributed by atoms with Crippen molar-refractivity contribution < 1.29 is 9.18 Å². The Bertz CT molecular complexity index is 1270. The SMILES string of the molecule is O=C(C1CCN(c2nc3c(F)cccc3s2)CC1)N1CCn2c1nc1ccccc12. The zero-order chi connectivity index (χ0) is 20.2. The van der Waals surface area contributed by atoms with Crippen LogP contribution < -0.4 is 9.80 Å². The van der Waals surface area contributed by atoms with E-state index in [0.29, 0.717) is 12.1 Å². The van der Waals surface area contributed by atoms with Gasteiger partial charge in [-0.05, 0) is 37.1 Å². The first-order valence-electron chi connectivity index (χ1n) is 10.3. The van der Waals surface area contributed by atoms with Gasteiger partial charge in [0.25, 0.3) is 0 Å². The number of aromatic nitrogens is 3. The molecule has 1 amide bonds. The average Bonchev–Trinajstić information content (AvgIpc) is 3.47. The zero-order valence-electron chi connectivity index (χ0n) is 16.3. The van der Waals surface area contributed by atoms with Crippen LogP contribution in [0.25, 0.3) is 21.3 Å². The van der Waals surface area contributed by atoms with Crippen LogP contribution in [0, 0.1) is 11.7 Å². The molecule has 8 heteroatoms. The van der Waals surface area contributed by atoms with Crippen molar-refractivity contribution in [1.82, 2.24) is 14.5 Å². The summed E-state index contributed by atoms with van der Waals surface area (Å²) in [7, 11) is 0. The Morgan fingerprint density at radius 3 is 2.67 bits per heavy atom. The molecule has 0 unspecified atom stereocenters. The van der Waals surface area contributed by atoms with E-state index in [1.807, 2.05) is 29.2 Å². The third-order valence-electron chi connectivity index (χ3n) is 6.16. The Labute approximate surface area is 176 Å². The Morgan fingerprint density at radius 2 is 1.83 bits per heavy atom. The lowest BCUT2D eigenvalue weighted by molar-refractivity contribution is -0.122. The molecular weight excluding hydrogens is 401 g/mol. The molecule has 0 N–H and O–H groups in total. The number of anilines is 2. The van der Waals surface area contributed by atoms with Crippen LogP contribution in [0.2, 0.25) is 0 Å². The van der Waals surface area contributed by atoms with Gasteiger partial charge in [-0.3, -0.25) is 9.69 Å². The molecule has 0 saturated carbocycles. The Morgan fingerprint density at radius 1 is 1.00 bits per heavy atom. The number of hydrogen-bond donors (Lipinski definition) is 0. The van der Waals surface area contributed by atoms with Gasteiger partial charge in [0, 0.05) is 32.1 Å². The molecule has 6 nitrogen and oxygen atoms in total. The number of carbonyl (C=O) groups excluding carboxylic acids is 1. The zero-order valence-corrected chi connectivity index (χ0v) is 17.1. The second-order valence-electron chi connectivity index (χ2n) is 7.89. The van der Waals surface area contributed by atoms with Crippen molar-refractivity contribution >= 4 is 49.6 Å². The summed E-state index contributed by atoms with van der Waals surface area (Å²) in [5.41, 5.74) is 2.45. The summed E-state index contributed by atoms with van der Waals surface area (Å²) in [6.07, 6.45) is 1.54. The van der Waals surface area contributed by atoms with Crippen LogP contribution in [0.15, 0.2) is 42.5 Å². The largest absolute Gasteiger partial charge is 0.348 e. The normalized spacial score (nSPS) is 17.2.